The summed E-state index contributed by atoms with van der Waals surface area (Å²) < 4.78 is 0.0183. The van der Waals surface area contributed by atoms with Gasteiger partial charge in [-0.2, -0.15) is 11.8 Å². The molecule has 1 saturated heterocycles. The molecule has 0 bridgehead atoms. The Hall–Kier alpha value is 0.500. The molecule has 1 unspecified atom stereocenters. The van der Waals surface area contributed by atoms with E-state index in [-0.39, 0.29) is 9.07 Å². The van der Waals surface area contributed by atoms with Crippen LogP contribution in [0.3, 0.4) is 0 Å². The van der Waals surface area contributed by atoms with Crippen LogP contribution in [0, 0.1) is 0 Å². The van der Waals surface area contributed by atoms with E-state index in [0.717, 1.165) is 24.9 Å². The second-order valence-corrected chi connectivity index (χ2v) is 7.07. The Morgan fingerprint density at radius 1 is 1.55 bits per heavy atom. The number of rotatable bonds is 1. The molecule has 1 aliphatic rings. The summed E-state index contributed by atoms with van der Waals surface area (Å²) >= 11 is 5.44. The number of hydrogen-bond acceptors (Lipinski definition) is 2. The highest BCUT2D eigenvalue weighted by molar-refractivity contribution is 9.10. The molecule has 0 N–H and O–H groups in total. The molecule has 0 aromatic heterocycles. The van der Waals surface area contributed by atoms with Crippen molar-refractivity contribution in [2.24, 2.45) is 0 Å². The number of thioether (sulfide) groups is 1. The third-order valence-corrected chi connectivity index (χ3v) is 4.14. The zero-order chi connectivity index (χ0) is 8.54. The lowest BCUT2D eigenvalue weighted by Crippen LogP contribution is -2.37. The molecule has 0 aliphatic carbocycles. The average Bonchev–Trinajstić information content (AvgIpc) is 1.85. The van der Waals surface area contributed by atoms with Crippen LogP contribution in [-0.4, -0.2) is 21.1 Å². The minimum absolute atomic E-state index is 0.234. The smallest absolute Gasteiger partial charge is 0.136 e. The monoisotopic (exact) mass is 236 g/mol. The molecule has 0 aromatic rings. The average molecular weight is 237 g/mol. The Bertz CT molecular complexity index is 169. The van der Waals surface area contributed by atoms with Gasteiger partial charge in [0.2, 0.25) is 0 Å². The van der Waals surface area contributed by atoms with Gasteiger partial charge in [-0.25, -0.2) is 0 Å². The van der Waals surface area contributed by atoms with Gasteiger partial charge in [-0.05, 0) is 18.6 Å². The maximum absolute atomic E-state index is 10.7. The molecule has 0 spiro atoms. The number of carbonyl (C=O) groups is 1. The van der Waals surface area contributed by atoms with Gasteiger partial charge in [0, 0.05) is 4.75 Å². The van der Waals surface area contributed by atoms with E-state index in [1.807, 2.05) is 11.8 Å². The van der Waals surface area contributed by atoms with Gasteiger partial charge in [0.05, 0.1) is 4.32 Å². The summed E-state index contributed by atoms with van der Waals surface area (Å²) in [5, 5.41) is 0. The van der Waals surface area contributed by atoms with Crippen LogP contribution in [0.5, 0.6) is 0 Å². The minimum Gasteiger partial charge on any atom is -0.302 e. The highest BCUT2D eigenvalue weighted by Crippen LogP contribution is 2.43. The normalized spacial score (nSPS) is 36.6. The second-order valence-electron chi connectivity index (χ2n) is 3.69. The summed E-state index contributed by atoms with van der Waals surface area (Å²) in [4.78, 5) is 10.7. The fraction of sp³-hybridized carbons (Fsp3) is 0.875. The molecule has 1 nitrogen and oxygen atoms in total. The van der Waals surface area contributed by atoms with Gasteiger partial charge in [0.1, 0.15) is 6.29 Å². The molecule has 1 fully saturated rings. The van der Waals surface area contributed by atoms with E-state index in [9.17, 15) is 4.79 Å². The third kappa shape index (κ3) is 2.48. The Balaban J connectivity index is 2.66. The van der Waals surface area contributed by atoms with Gasteiger partial charge >= 0.3 is 0 Å². The first-order valence-electron chi connectivity index (χ1n) is 3.77. The molecular formula is C8H13BrOS. The van der Waals surface area contributed by atoms with Gasteiger partial charge in [0.25, 0.3) is 0 Å². The van der Waals surface area contributed by atoms with E-state index < -0.39 is 0 Å². The van der Waals surface area contributed by atoms with Gasteiger partial charge in [-0.15, -0.1) is 0 Å². The van der Waals surface area contributed by atoms with Crippen LogP contribution in [0.2, 0.25) is 0 Å². The van der Waals surface area contributed by atoms with Gasteiger partial charge in [-0.1, -0.05) is 29.8 Å². The summed E-state index contributed by atoms with van der Waals surface area (Å²) in [6, 6.07) is 0. The van der Waals surface area contributed by atoms with Crippen LogP contribution in [0.4, 0.5) is 0 Å². The molecule has 1 aliphatic heterocycles. The SMILES string of the molecule is CC1(C)CC(Br)(C=O)CCS1. The van der Waals surface area contributed by atoms with Crippen LogP contribution in [-0.2, 0) is 4.79 Å². The Morgan fingerprint density at radius 3 is 2.55 bits per heavy atom. The first-order chi connectivity index (χ1) is 4.97. The van der Waals surface area contributed by atoms with Crippen LogP contribution >= 0.6 is 27.7 Å². The van der Waals surface area contributed by atoms with Crippen molar-refractivity contribution in [2.75, 3.05) is 5.75 Å². The van der Waals surface area contributed by atoms with Crippen molar-refractivity contribution in [1.82, 2.24) is 0 Å². The number of hydrogen-bond donors (Lipinski definition) is 0. The fourth-order valence-corrected chi connectivity index (χ4v) is 4.17. The van der Waals surface area contributed by atoms with Crippen LogP contribution < -0.4 is 0 Å². The lowest BCUT2D eigenvalue weighted by Gasteiger charge is -2.37. The fourth-order valence-electron chi connectivity index (χ4n) is 1.44. The topological polar surface area (TPSA) is 17.1 Å². The maximum atomic E-state index is 10.7. The quantitative estimate of drug-likeness (QED) is 0.515. The van der Waals surface area contributed by atoms with Gasteiger partial charge in [0.15, 0.2) is 0 Å². The molecule has 11 heavy (non-hydrogen) atoms. The van der Waals surface area contributed by atoms with Crippen molar-refractivity contribution in [3.63, 3.8) is 0 Å². The second kappa shape index (κ2) is 3.09. The van der Waals surface area contributed by atoms with Crippen molar-refractivity contribution in [3.05, 3.63) is 0 Å². The summed E-state index contributed by atoms with van der Waals surface area (Å²) in [6.07, 6.45) is 2.95. The lowest BCUT2D eigenvalue weighted by molar-refractivity contribution is -0.110. The minimum atomic E-state index is -0.234. The van der Waals surface area contributed by atoms with Gasteiger partial charge in [-0.3, -0.25) is 0 Å². The van der Waals surface area contributed by atoms with Crippen molar-refractivity contribution < 1.29 is 4.79 Å². The van der Waals surface area contributed by atoms with E-state index in [0.29, 0.717) is 0 Å². The number of halogens is 1. The summed E-state index contributed by atoms with van der Waals surface area (Å²) in [5.41, 5.74) is 0. The van der Waals surface area contributed by atoms with Crippen molar-refractivity contribution in [1.29, 1.82) is 0 Å². The van der Waals surface area contributed by atoms with E-state index in [1.54, 1.807) is 0 Å². The summed E-state index contributed by atoms with van der Waals surface area (Å²) in [5.74, 6) is 1.08. The summed E-state index contributed by atoms with van der Waals surface area (Å²) in [6.45, 7) is 4.38. The first-order valence-corrected chi connectivity index (χ1v) is 5.55. The third-order valence-electron chi connectivity index (χ3n) is 1.94. The van der Waals surface area contributed by atoms with Crippen LogP contribution in [0.15, 0.2) is 0 Å². The Kier molecular flexibility index (Phi) is 2.70. The largest absolute Gasteiger partial charge is 0.302 e. The Labute approximate surface area is 80.4 Å². The molecule has 0 aromatic carbocycles. The zero-order valence-corrected chi connectivity index (χ0v) is 9.30. The molecule has 1 rings (SSSR count). The predicted molar refractivity (Wildman–Crippen MR) is 53.5 cm³/mol. The molecule has 0 radical (unpaired) electrons. The van der Waals surface area contributed by atoms with Crippen LogP contribution in [0.25, 0.3) is 0 Å². The molecule has 3 heteroatoms. The number of aldehydes is 1. The molecular weight excluding hydrogens is 224 g/mol. The van der Waals surface area contributed by atoms with Crippen LogP contribution in [0.1, 0.15) is 26.7 Å². The zero-order valence-electron chi connectivity index (χ0n) is 6.89. The van der Waals surface area contributed by atoms with E-state index in [2.05, 4.69) is 29.8 Å². The highest BCUT2D eigenvalue weighted by Gasteiger charge is 2.38. The highest BCUT2D eigenvalue weighted by atomic mass is 79.9. The van der Waals surface area contributed by atoms with E-state index >= 15 is 0 Å². The number of alkyl halides is 1. The van der Waals surface area contributed by atoms with Crippen molar-refractivity contribution >= 4 is 34.0 Å². The number of carbonyl (C=O) groups excluding carboxylic acids is 1. The van der Waals surface area contributed by atoms with E-state index in [4.69, 9.17) is 0 Å². The maximum Gasteiger partial charge on any atom is 0.136 e. The molecule has 64 valence electrons. The van der Waals surface area contributed by atoms with Crippen molar-refractivity contribution in [2.45, 2.75) is 35.8 Å². The molecule has 1 heterocycles. The Morgan fingerprint density at radius 2 is 2.18 bits per heavy atom. The van der Waals surface area contributed by atoms with E-state index in [1.165, 1.54) is 0 Å². The lowest BCUT2D eigenvalue weighted by atomic mass is 9.94. The predicted octanol–water partition coefficient (Wildman–Crippen LogP) is 2.62. The molecule has 0 amide bonds. The first kappa shape index (κ1) is 9.59. The molecule has 0 saturated carbocycles. The molecule has 1 atom stereocenters. The van der Waals surface area contributed by atoms with Gasteiger partial charge < -0.3 is 4.79 Å². The standard InChI is InChI=1S/C8H13BrOS/c1-7(2)5-8(9,6-10)3-4-11-7/h6H,3-5H2,1-2H3. The summed E-state index contributed by atoms with van der Waals surface area (Å²) in [7, 11) is 0. The van der Waals surface area contributed by atoms with Crippen molar-refractivity contribution in [3.8, 4) is 0 Å².